The third-order valence-electron chi connectivity index (χ3n) is 4.92. The van der Waals surface area contributed by atoms with Gasteiger partial charge in [0.15, 0.2) is 11.0 Å². The van der Waals surface area contributed by atoms with Gasteiger partial charge >= 0.3 is 6.03 Å². The maximum absolute atomic E-state index is 14.3. The summed E-state index contributed by atoms with van der Waals surface area (Å²) < 4.78 is 16.0. The first-order chi connectivity index (χ1) is 14.7. The molecular formula is C20H25FN6O3S. The lowest BCUT2D eigenvalue weighted by Gasteiger charge is -2.19. The van der Waals surface area contributed by atoms with Crippen molar-refractivity contribution in [1.82, 2.24) is 30.5 Å². The third-order valence-corrected chi connectivity index (χ3v) is 5.88. The average molecular weight is 449 g/mol. The van der Waals surface area contributed by atoms with Gasteiger partial charge in [0.2, 0.25) is 5.91 Å². The second kappa shape index (κ2) is 9.04. The Labute approximate surface area is 183 Å². The summed E-state index contributed by atoms with van der Waals surface area (Å²) in [5, 5.41) is 12.0. The zero-order valence-corrected chi connectivity index (χ0v) is 18.6. The summed E-state index contributed by atoms with van der Waals surface area (Å²) in [5.41, 5.74) is 1.63. The molecule has 1 aromatic heterocycles. The highest BCUT2D eigenvalue weighted by Gasteiger charge is 2.47. The van der Waals surface area contributed by atoms with Crippen LogP contribution in [-0.2, 0) is 16.1 Å². The van der Waals surface area contributed by atoms with Crippen LogP contribution in [0.1, 0.15) is 34.1 Å². The normalized spacial score (nSPS) is 18.6. The van der Waals surface area contributed by atoms with Crippen LogP contribution in [0.2, 0.25) is 0 Å². The molecule has 1 aliphatic rings. The van der Waals surface area contributed by atoms with E-state index < -0.39 is 29.2 Å². The molecule has 1 atom stereocenters. The number of amides is 4. The molecule has 1 aromatic carbocycles. The fourth-order valence-corrected chi connectivity index (χ4v) is 3.82. The molecule has 9 nitrogen and oxygen atoms in total. The first-order valence-electron chi connectivity index (χ1n) is 9.93. The number of thioether (sulfide) groups is 1. The molecule has 1 saturated heterocycles. The van der Waals surface area contributed by atoms with E-state index in [-0.39, 0.29) is 11.7 Å². The maximum Gasteiger partial charge on any atom is 0.344 e. The monoisotopic (exact) mass is 448 g/mol. The number of hydrogen-bond donors (Lipinski definition) is 2. The fraction of sp³-hybridized carbons (Fsp3) is 0.450. The largest absolute Gasteiger partial charge is 0.344 e. The highest BCUT2D eigenvalue weighted by atomic mass is 32.2. The van der Waals surface area contributed by atoms with Gasteiger partial charge < -0.3 is 9.88 Å². The number of aromatic nitrogens is 3. The number of imide groups is 1. The third kappa shape index (κ3) is 4.71. The van der Waals surface area contributed by atoms with Crippen molar-refractivity contribution in [3.05, 3.63) is 30.1 Å². The van der Waals surface area contributed by atoms with E-state index in [0.29, 0.717) is 34.5 Å². The lowest BCUT2D eigenvalue weighted by Crippen LogP contribution is -2.49. The Morgan fingerprint density at radius 1 is 1.29 bits per heavy atom. The van der Waals surface area contributed by atoms with Crippen LogP contribution in [0, 0.1) is 11.7 Å². The van der Waals surface area contributed by atoms with E-state index in [9.17, 15) is 18.8 Å². The number of benzene rings is 1. The molecule has 0 saturated carbocycles. The number of hydrazine groups is 1. The van der Waals surface area contributed by atoms with Crippen LogP contribution in [0.4, 0.5) is 9.18 Å². The Balaban J connectivity index is 1.73. The SMILES string of the molecule is CCC1(C)NC(=O)N(NC(=O)CSc2nnc(-c3ccccc3F)n2CC(C)C)C1=O. The van der Waals surface area contributed by atoms with Crippen LogP contribution >= 0.6 is 11.8 Å². The van der Waals surface area contributed by atoms with Crippen molar-refractivity contribution in [2.45, 2.75) is 51.4 Å². The van der Waals surface area contributed by atoms with Gasteiger partial charge in [0.1, 0.15) is 11.4 Å². The predicted molar refractivity (Wildman–Crippen MR) is 113 cm³/mol. The van der Waals surface area contributed by atoms with Crippen LogP contribution in [0.5, 0.6) is 0 Å². The first kappa shape index (κ1) is 22.7. The Hall–Kier alpha value is -2.95. The highest BCUT2D eigenvalue weighted by Crippen LogP contribution is 2.27. The predicted octanol–water partition coefficient (Wildman–Crippen LogP) is 2.58. The molecule has 0 spiro atoms. The van der Waals surface area contributed by atoms with Crippen molar-refractivity contribution in [1.29, 1.82) is 0 Å². The number of rotatable bonds is 8. The number of urea groups is 1. The molecule has 2 heterocycles. The zero-order chi connectivity index (χ0) is 22.8. The Kier molecular flexibility index (Phi) is 6.63. The summed E-state index contributed by atoms with van der Waals surface area (Å²) in [5.74, 6) is -0.960. The second-order valence-corrected chi connectivity index (χ2v) is 8.81. The van der Waals surface area contributed by atoms with E-state index in [4.69, 9.17) is 0 Å². The molecule has 0 bridgehead atoms. The van der Waals surface area contributed by atoms with Crippen LogP contribution < -0.4 is 10.7 Å². The van der Waals surface area contributed by atoms with Crippen molar-refractivity contribution >= 4 is 29.6 Å². The van der Waals surface area contributed by atoms with Crippen molar-refractivity contribution in [3.8, 4) is 11.4 Å². The summed E-state index contributed by atoms with van der Waals surface area (Å²) >= 11 is 1.10. The van der Waals surface area contributed by atoms with Gasteiger partial charge in [-0.2, -0.15) is 5.01 Å². The van der Waals surface area contributed by atoms with Gasteiger partial charge in [-0.25, -0.2) is 9.18 Å². The number of nitrogens with one attached hydrogen (secondary N) is 2. The first-order valence-corrected chi connectivity index (χ1v) is 10.9. The zero-order valence-electron chi connectivity index (χ0n) is 17.8. The molecule has 0 aliphatic carbocycles. The van der Waals surface area contributed by atoms with E-state index in [1.54, 1.807) is 36.6 Å². The molecule has 11 heteroatoms. The smallest absolute Gasteiger partial charge is 0.322 e. The van der Waals surface area contributed by atoms with Gasteiger partial charge in [0.05, 0.1) is 11.3 Å². The molecule has 4 amide bonds. The standard InChI is InChI=1S/C20H25FN6O3S/c1-5-20(4)17(29)27(18(30)22-20)25-15(28)11-31-19-24-23-16(26(19)10-12(2)3)13-8-6-7-9-14(13)21/h6-9,12H,5,10-11H2,1-4H3,(H,22,30)(H,25,28). The van der Waals surface area contributed by atoms with Gasteiger partial charge in [-0.15, -0.1) is 10.2 Å². The highest BCUT2D eigenvalue weighted by molar-refractivity contribution is 7.99. The topological polar surface area (TPSA) is 109 Å². The van der Waals surface area contributed by atoms with Crippen molar-refractivity contribution in [2.75, 3.05) is 5.75 Å². The fourth-order valence-electron chi connectivity index (χ4n) is 3.08. The van der Waals surface area contributed by atoms with Crippen molar-refractivity contribution in [2.24, 2.45) is 5.92 Å². The second-order valence-electron chi connectivity index (χ2n) is 7.87. The van der Waals surface area contributed by atoms with E-state index in [1.165, 1.54) is 6.07 Å². The van der Waals surface area contributed by atoms with Crippen LogP contribution in [-0.4, -0.2) is 48.9 Å². The number of hydrogen-bond acceptors (Lipinski definition) is 6. The van der Waals surface area contributed by atoms with Gasteiger partial charge in [-0.05, 0) is 31.4 Å². The minimum atomic E-state index is -1.04. The maximum atomic E-state index is 14.3. The Morgan fingerprint density at radius 2 is 2.00 bits per heavy atom. The van der Waals surface area contributed by atoms with Crippen LogP contribution in [0.25, 0.3) is 11.4 Å². The van der Waals surface area contributed by atoms with E-state index in [0.717, 1.165) is 11.8 Å². The molecule has 2 aromatic rings. The molecule has 3 rings (SSSR count). The minimum Gasteiger partial charge on any atom is -0.322 e. The molecule has 166 valence electrons. The van der Waals surface area contributed by atoms with E-state index >= 15 is 0 Å². The van der Waals surface area contributed by atoms with Crippen molar-refractivity contribution in [3.63, 3.8) is 0 Å². The van der Waals surface area contributed by atoms with Gasteiger partial charge in [0.25, 0.3) is 5.91 Å². The Bertz CT molecular complexity index is 1010. The van der Waals surface area contributed by atoms with Gasteiger partial charge in [-0.3, -0.25) is 15.0 Å². The number of halogens is 1. The number of carbonyl (C=O) groups excluding carboxylic acids is 3. The minimum absolute atomic E-state index is 0.104. The van der Waals surface area contributed by atoms with Crippen LogP contribution in [0.3, 0.4) is 0 Å². The molecule has 1 unspecified atom stereocenters. The van der Waals surface area contributed by atoms with Gasteiger partial charge in [0, 0.05) is 6.54 Å². The molecule has 1 aliphatic heterocycles. The lowest BCUT2D eigenvalue weighted by atomic mass is 10.00. The van der Waals surface area contributed by atoms with Crippen LogP contribution in [0.15, 0.2) is 29.4 Å². The lowest BCUT2D eigenvalue weighted by molar-refractivity contribution is -0.137. The summed E-state index contributed by atoms with van der Waals surface area (Å²) in [6.07, 6.45) is 0.399. The quantitative estimate of drug-likeness (QED) is 0.475. The molecule has 2 N–H and O–H groups in total. The van der Waals surface area contributed by atoms with E-state index in [1.807, 2.05) is 13.8 Å². The summed E-state index contributed by atoms with van der Waals surface area (Å²) in [6.45, 7) is 7.92. The number of carbonyl (C=O) groups is 3. The number of nitrogens with zero attached hydrogens (tertiary/aromatic N) is 4. The summed E-state index contributed by atoms with van der Waals surface area (Å²) in [6, 6.07) is 5.63. The van der Waals surface area contributed by atoms with Crippen molar-refractivity contribution < 1.29 is 18.8 Å². The van der Waals surface area contributed by atoms with E-state index in [2.05, 4.69) is 20.9 Å². The molecular weight excluding hydrogens is 423 g/mol. The summed E-state index contributed by atoms with van der Waals surface area (Å²) in [4.78, 5) is 36.9. The molecule has 1 fully saturated rings. The average Bonchev–Trinajstić information content (AvgIpc) is 3.20. The molecule has 31 heavy (non-hydrogen) atoms. The molecule has 0 radical (unpaired) electrons. The Morgan fingerprint density at radius 3 is 2.61 bits per heavy atom. The van der Waals surface area contributed by atoms with Gasteiger partial charge in [-0.1, -0.05) is 44.7 Å². The summed E-state index contributed by atoms with van der Waals surface area (Å²) in [7, 11) is 0.